The van der Waals surface area contributed by atoms with Gasteiger partial charge in [0, 0.05) is 5.46 Å². The maximum Gasteiger partial charge on any atom is 0.490 e. The number of nitrogens with zero attached hydrogens (tertiary/aromatic N) is 1. The van der Waals surface area contributed by atoms with Gasteiger partial charge in [0.15, 0.2) is 0 Å². The van der Waals surface area contributed by atoms with Crippen molar-refractivity contribution in [1.29, 1.82) is 0 Å². The van der Waals surface area contributed by atoms with Crippen LogP contribution in [0.5, 0.6) is 0 Å². The van der Waals surface area contributed by atoms with Crippen LogP contribution in [0.15, 0.2) is 12.1 Å². The van der Waals surface area contributed by atoms with Gasteiger partial charge in [0.25, 0.3) is 0 Å². The van der Waals surface area contributed by atoms with Crippen molar-refractivity contribution in [2.75, 3.05) is 0 Å². The highest BCUT2D eigenvalue weighted by Gasteiger charge is 2.61. The number of halogens is 6. The van der Waals surface area contributed by atoms with E-state index >= 15 is 0 Å². The first-order valence-corrected chi connectivity index (χ1v) is 4.42. The summed E-state index contributed by atoms with van der Waals surface area (Å²) in [7, 11) is -2.51. The predicted molar refractivity (Wildman–Crippen MR) is 49.0 cm³/mol. The molecule has 0 saturated heterocycles. The van der Waals surface area contributed by atoms with E-state index < -0.39 is 35.5 Å². The van der Waals surface area contributed by atoms with Gasteiger partial charge >= 0.3 is 19.2 Å². The van der Waals surface area contributed by atoms with Gasteiger partial charge in [0.2, 0.25) is 0 Å². The molecule has 0 aliphatic rings. The third-order valence-electron chi connectivity index (χ3n) is 1.82. The lowest BCUT2D eigenvalue weighted by molar-refractivity contribution is -0.290. The quantitative estimate of drug-likeness (QED) is 0.482. The van der Waals surface area contributed by atoms with E-state index in [0.717, 1.165) is 6.07 Å². The highest BCUT2D eigenvalue weighted by atomic mass is 35.5. The standard InChI is InChI=1S/C7H4BClF5NO2/c9-4-2-1-3(8(16)17)5(15-4)6(10,11)7(12,13)14/h1-2,16-17H. The lowest BCUT2D eigenvalue weighted by Crippen LogP contribution is -2.44. The molecule has 3 nitrogen and oxygen atoms in total. The molecule has 1 rings (SSSR count). The van der Waals surface area contributed by atoms with Crippen molar-refractivity contribution >= 4 is 24.2 Å². The van der Waals surface area contributed by atoms with Gasteiger partial charge in [0.1, 0.15) is 10.8 Å². The largest absolute Gasteiger partial charge is 0.490 e. The third-order valence-corrected chi connectivity index (χ3v) is 2.03. The van der Waals surface area contributed by atoms with Gasteiger partial charge in [-0.1, -0.05) is 17.7 Å². The summed E-state index contributed by atoms with van der Waals surface area (Å²) in [5, 5.41) is 16.8. The van der Waals surface area contributed by atoms with Crippen LogP contribution in [0.2, 0.25) is 5.15 Å². The first kappa shape index (κ1) is 14.1. The van der Waals surface area contributed by atoms with Crippen molar-refractivity contribution in [3.8, 4) is 0 Å². The molecule has 17 heavy (non-hydrogen) atoms. The summed E-state index contributed by atoms with van der Waals surface area (Å²) in [5.74, 6) is -5.32. The lowest BCUT2D eigenvalue weighted by atomic mass is 9.77. The average molecular weight is 275 g/mol. The van der Waals surface area contributed by atoms with Gasteiger partial charge < -0.3 is 10.0 Å². The Morgan fingerprint density at radius 3 is 2.06 bits per heavy atom. The fourth-order valence-electron chi connectivity index (χ4n) is 1.04. The smallest absolute Gasteiger partial charge is 0.423 e. The zero-order valence-corrected chi connectivity index (χ0v) is 8.60. The monoisotopic (exact) mass is 275 g/mol. The third kappa shape index (κ3) is 2.67. The number of aromatic nitrogens is 1. The number of alkyl halides is 5. The van der Waals surface area contributed by atoms with Crippen LogP contribution in [0.3, 0.4) is 0 Å². The zero-order valence-electron chi connectivity index (χ0n) is 7.84. The minimum Gasteiger partial charge on any atom is -0.423 e. The Bertz CT molecular complexity index is 425. The Balaban J connectivity index is 3.43. The molecule has 0 aliphatic carbocycles. The summed E-state index contributed by atoms with van der Waals surface area (Å²) < 4.78 is 62.3. The normalized spacial score (nSPS) is 12.7. The molecule has 0 aliphatic heterocycles. The molecule has 2 N–H and O–H groups in total. The SMILES string of the molecule is OB(O)c1ccc(Cl)nc1C(F)(F)C(F)(F)F. The van der Waals surface area contributed by atoms with Crippen LogP contribution in [0.1, 0.15) is 5.69 Å². The van der Waals surface area contributed by atoms with Crippen LogP contribution in [-0.2, 0) is 5.92 Å². The summed E-state index contributed by atoms with van der Waals surface area (Å²) in [6.07, 6.45) is -5.91. The van der Waals surface area contributed by atoms with Crippen LogP contribution in [-0.4, -0.2) is 28.3 Å². The fourth-order valence-corrected chi connectivity index (χ4v) is 1.19. The Labute approximate surface area is 97.0 Å². The van der Waals surface area contributed by atoms with E-state index in [4.69, 9.17) is 21.6 Å². The van der Waals surface area contributed by atoms with E-state index in [1.165, 1.54) is 0 Å². The number of pyridine rings is 1. The second-order valence-corrected chi connectivity index (χ2v) is 3.40. The van der Waals surface area contributed by atoms with Crippen molar-refractivity contribution in [2.45, 2.75) is 12.1 Å². The first-order chi connectivity index (χ1) is 7.57. The molecule has 1 heterocycles. The number of hydrogen-bond acceptors (Lipinski definition) is 3. The fraction of sp³-hybridized carbons (Fsp3) is 0.286. The molecule has 0 bridgehead atoms. The molecular weight excluding hydrogens is 271 g/mol. The second-order valence-electron chi connectivity index (χ2n) is 3.02. The van der Waals surface area contributed by atoms with Gasteiger partial charge in [-0.2, -0.15) is 22.0 Å². The van der Waals surface area contributed by atoms with Crippen LogP contribution in [0, 0.1) is 0 Å². The van der Waals surface area contributed by atoms with Crippen LogP contribution >= 0.6 is 11.6 Å². The molecule has 10 heteroatoms. The Kier molecular flexibility index (Phi) is 3.65. The van der Waals surface area contributed by atoms with Gasteiger partial charge in [0.05, 0.1) is 0 Å². The van der Waals surface area contributed by atoms with Crippen molar-refractivity contribution in [3.63, 3.8) is 0 Å². The second kappa shape index (κ2) is 4.39. The van der Waals surface area contributed by atoms with E-state index in [1.807, 2.05) is 0 Å². The summed E-state index contributed by atoms with van der Waals surface area (Å²) >= 11 is 5.20. The maximum absolute atomic E-state index is 13.0. The summed E-state index contributed by atoms with van der Waals surface area (Å²) in [6, 6.07) is 1.50. The Morgan fingerprint density at radius 2 is 1.65 bits per heavy atom. The Morgan fingerprint density at radius 1 is 1.12 bits per heavy atom. The maximum atomic E-state index is 13.0. The minimum atomic E-state index is -5.91. The van der Waals surface area contributed by atoms with Crippen molar-refractivity contribution in [2.24, 2.45) is 0 Å². The predicted octanol–water partition coefficient (Wildman–Crippen LogP) is 1.07. The molecule has 0 unspecified atom stereocenters. The lowest BCUT2D eigenvalue weighted by Gasteiger charge is -2.21. The van der Waals surface area contributed by atoms with Crippen LogP contribution in [0.4, 0.5) is 22.0 Å². The molecule has 0 saturated carbocycles. The van der Waals surface area contributed by atoms with Gasteiger partial charge in [-0.25, -0.2) is 4.98 Å². The van der Waals surface area contributed by atoms with Crippen molar-refractivity contribution in [3.05, 3.63) is 23.0 Å². The van der Waals surface area contributed by atoms with E-state index in [0.29, 0.717) is 6.07 Å². The minimum absolute atomic E-state index is 0.617. The van der Waals surface area contributed by atoms with E-state index in [1.54, 1.807) is 0 Å². The van der Waals surface area contributed by atoms with Gasteiger partial charge in [-0.15, -0.1) is 0 Å². The average Bonchev–Trinajstić information content (AvgIpc) is 2.15. The molecule has 0 fully saturated rings. The van der Waals surface area contributed by atoms with Crippen LogP contribution < -0.4 is 5.46 Å². The van der Waals surface area contributed by atoms with Crippen LogP contribution in [0.25, 0.3) is 0 Å². The molecule has 0 radical (unpaired) electrons. The molecular formula is C7H4BClF5NO2. The number of hydrogen-bond donors (Lipinski definition) is 2. The van der Waals surface area contributed by atoms with E-state index in [-0.39, 0.29) is 0 Å². The molecule has 0 aromatic carbocycles. The molecule has 0 spiro atoms. The Hall–Kier alpha value is -0.925. The highest BCUT2D eigenvalue weighted by Crippen LogP contribution is 2.42. The van der Waals surface area contributed by atoms with E-state index in [2.05, 4.69) is 4.98 Å². The summed E-state index contributed by atoms with van der Waals surface area (Å²) in [5.41, 5.74) is -2.88. The molecule has 0 amide bonds. The molecule has 94 valence electrons. The van der Waals surface area contributed by atoms with Gasteiger partial charge in [-0.3, -0.25) is 0 Å². The number of rotatable bonds is 2. The molecule has 1 aromatic heterocycles. The van der Waals surface area contributed by atoms with Gasteiger partial charge in [-0.05, 0) is 6.07 Å². The van der Waals surface area contributed by atoms with E-state index in [9.17, 15) is 22.0 Å². The highest BCUT2D eigenvalue weighted by molar-refractivity contribution is 6.59. The molecule has 0 atom stereocenters. The van der Waals surface area contributed by atoms with Crippen molar-refractivity contribution < 1.29 is 32.0 Å². The summed E-state index contributed by atoms with van der Waals surface area (Å²) in [4.78, 5) is 2.81. The topological polar surface area (TPSA) is 53.4 Å². The zero-order chi connectivity index (χ0) is 13.4. The first-order valence-electron chi connectivity index (χ1n) is 4.05. The van der Waals surface area contributed by atoms with Crippen molar-refractivity contribution in [1.82, 2.24) is 4.98 Å². The summed E-state index contributed by atoms with van der Waals surface area (Å²) in [6.45, 7) is 0. The molecule has 1 aromatic rings.